The SMILES string of the molecule is CN1CCC(CNC(=O)CCc2ccccc2Cl)CC1. The van der Waals surface area contributed by atoms with Gasteiger partial charge in [-0.05, 0) is 56.9 Å². The predicted octanol–water partition coefficient (Wildman–Crippen LogP) is 2.73. The van der Waals surface area contributed by atoms with Gasteiger partial charge >= 0.3 is 0 Å². The summed E-state index contributed by atoms with van der Waals surface area (Å²) in [4.78, 5) is 14.2. The number of carbonyl (C=O) groups excluding carboxylic acids is 1. The summed E-state index contributed by atoms with van der Waals surface area (Å²) in [5, 5.41) is 3.80. The summed E-state index contributed by atoms with van der Waals surface area (Å²) in [5.74, 6) is 0.763. The van der Waals surface area contributed by atoms with Crippen molar-refractivity contribution in [2.24, 2.45) is 5.92 Å². The van der Waals surface area contributed by atoms with Gasteiger partial charge in [-0.2, -0.15) is 0 Å². The number of carbonyl (C=O) groups is 1. The minimum atomic E-state index is 0.129. The molecule has 110 valence electrons. The minimum absolute atomic E-state index is 0.129. The van der Waals surface area contributed by atoms with Crippen molar-refractivity contribution < 1.29 is 4.79 Å². The van der Waals surface area contributed by atoms with E-state index in [-0.39, 0.29) is 5.91 Å². The molecule has 1 aliphatic heterocycles. The lowest BCUT2D eigenvalue weighted by Gasteiger charge is -2.28. The van der Waals surface area contributed by atoms with Crippen LogP contribution in [0.3, 0.4) is 0 Å². The van der Waals surface area contributed by atoms with E-state index in [1.807, 2.05) is 24.3 Å². The molecule has 0 spiro atoms. The molecule has 1 aliphatic rings. The largest absolute Gasteiger partial charge is 0.356 e. The maximum atomic E-state index is 11.9. The zero-order chi connectivity index (χ0) is 14.4. The Labute approximate surface area is 126 Å². The molecule has 4 heteroatoms. The number of hydrogen-bond acceptors (Lipinski definition) is 2. The third-order valence-electron chi connectivity index (χ3n) is 4.01. The van der Waals surface area contributed by atoms with Crippen LogP contribution in [0.25, 0.3) is 0 Å². The standard InChI is InChI=1S/C16H23ClN2O/c1-19-10-8-13(9-11-19)12-18-16(20)7-6-14-4-2-3-5-15(14)17/h2-5,13H,6-12H2,1H3,(H,18,20). The van der Waals surface area contributed by atoms with E-state index in [0.29, 0.717) is 18.8 Å². The number of aryl methyl sites for hydroxylation is 1. The summed E-state index contributed by atoms with van der Waals surface area (Å²) in [5.41, 5.74) is 1.05. The molecule has 0 aliphatic carbocycles. The Bertz CT molecular complexity index is 442. The average Bonchev–Trinajstić information content (AvgIpc) is 2.46. The van der Waals surface area contributed by atoms with Crippen LogP contribution in [0, 0.1) is 5.92 Å². The van der Waals surface area contributed by atoms with Crippen LogP contribution in [-0.2, 0) is 11.2 Å². The topological polar surface area (TPSA) is 32.3 Å². The quantitative estimate of drug-likeness (QED) is 0.906. The smallest absolute Gasteiger partial charge is 0.220 e. The van der Waals surface area contributed by atoms with E-state index in [9.17, 15) is 4.79 Å². The lowest BCUT2D eigenvalue weighted by Crippen LogP contribution is -2.36. The summed E-state index contributed by atoms with van der Waals surface area (Å²) >= 11 is 6.08. The first-order chi connectivity index (χ1) is 9.65. The van der Waals surface area contributed by atoms with Gasteiger partial charge in [0.25, 0.3) is 0 Å². The van der Waals surface area contributed by atoms with E-state index in [0.717, 1.165) is 30.2 Å². The number of halogens is 1. The molecule has 3 nitrogen and oxygen atoms in total. The number of amides is 1. The van der Waals surface area contributed by atoms with Crippen LogP contribution in [-0.4, -0.2) is 37.5 Å². The van der Waals surface area contributed by atoms with Crippen molar-refractivity contribution in [1.29, 1.82) is 0 Å². The third kappa shape index (κ3) is 4.80. The van der Waals surface area contributed by atoms with E-state index in [1.54, 1.807) is 0 Å². The highest BCUT2D eigenvalue weighted by molar-refractivity contribution is 6.31. The molecule has 0 aromatic heterocycles. The van der Waals surface area contributed by atoms with Gasteiger partial charge in [0.15, 0.2) is 0 Å². The highest BCUT2D eigenvalue weighted by Gasteiger charge is 2.17. The molecule has 0 bridgehead atoms. The molecule has 0 radical (unpaired) electrons. The van der Waals surface area contributed by atoms with Crippen LogP contribution in [0.5, 0.6) is 0 Å². The number of hydrogen-bond donors (Lipinski definition) is 1. The molecule has 1 fully saturated rings. The molecule has 0 saturated carbocycles. The van der Waals surface area contributed by atoms with Gasteiger partial charge in [-0.3, -0.25) is 4.79 Å². The Hall–Kier alpha value is -1.06. The molecule has 1 saturated heterocycles. The third-order valence-corrected chi connectivity index (χ3v) is 4.37. The number of nitrogens with zero attached hydrogens (tertiary/aromatic N) is 1. The van der Waals surface area contributed by atoms with Crippen LogP contribution < -0.4 is 5.32 Å². The maximum Gasteiger partial charge on any atom is 0.220 e. The minimum Gasteiger partial charge on any atom is -0.356 e. The first-order valence-corrected chi connectivity index (χ1v) is 7.71. The zero-order valence-corrected chi connectivity index (χ0v) is 12.8. The normalized spacial score (nSPS) is 17.1. The van der Waals surface area contributed by atoms with Gasteiger partial charge in [-0.15, -0.1) is 0 Å². The van der Waals surface area contributed by atoms with Gasteiger partial charge in [0, 0.05) is 18.0 Å². The Kier molecular flexibility index (Phi) is 5.86. The number of piperidine rings is 1. The molecule has 2 rings (SSSR count). The van der Waals surface area contributed by atoms with Gasteiger partial charge in [0.05, 0.1) is 0 Å². The molecule has 0 unspecified atom stereocenters. The molecular weight excluding hydrogens is 272 g/mol. The van der Waals surface area contributed by atoms with E-state index >= 15 is 0 Å². The second-order valence-electron chi connectivity index (χ2n) is 5.64. The van der Waals surface area contributed by atoms with Crippen LogP contribution >= 0.6 is 11.6 Å². The summed E-state index contributed by atoms with van der Waals surface area (Å²) in [6.45, 7) is 3.09. The van der Waals surface area contributed by atoms with Crippen molar-refractivity contribution in [3.8, 4) is 0 Å². The molecule has 1 aromatic carbocycles. The van der Waals surface area contributed by atoms with Gasteiger partial charge in [-0.25, -0.2) is 0 Å². The molecule has 1 amide bonds. The van der Waals surface area contributed by atoms with E-state index in [1.165, 1.54) is 12.8 Å². The summed E-state index contributed by atoms with van der Waals surface area (Å²) < 4.78 is 0. The van der Waals surface area contributed by atoms with Crippen LogP contribution in [0.15, 0.2) is 24.3 Å². The van der Waals surface area contributed by atoms with Crippen molar-refractivity contribution in [2.45, 2.75) is 25.7 Å². The maximum absolute atomic E-state index is 11.9. The van der Waals surface area contributed by atoms with Crippen molar-refractivity contribution >= 4 is 17.5 Å². The summed E-state index contributed by atoms with van der Waals surface area (Å²) in [6, 6.07) is 7.71. The summed E-state index contributed by atoms with van der Waals surface area (Å²) in [7, 11) is 2.15. The molecule has 1 aromatic rings. The fourth-order valence-electron chi connectivity index (χ4n) is 2.56. The Morgan fingerprint density at radius 2 is 2.05 bits per heavy atom. The fraction of sp³-hybridized carbons (Fsp3) is 0.562. The van der Waals surface area contributed by atoms with Gasteiger partial charge in [-0.1, -0.05) is 29.8 Å². The highest BCUT2D eigenvalue weighted by Crippen LogP contribution is 2.17. The monoisotopic (exact) mass is 294 g/mol. The van der Waals surface area contributed by atoms with Crippen molar-refractivity contribution in [2.75, 3.05) is 26.7 Å². The van der Waals surface area contributed by atoms with Crippen LogP contribution in [0.4, 0.5) is 0 Å². The van der Waals surface area contributed by atoms with E-state index < -0.39 is 0 Å². The van der Waals surface area contributed by atoms with Crippen molar-refractivity contribution in [3.63, 3.8) is 0 Å². The first kappa shape index (κ1) is 15.3. The van der Waals surface area contributed by atoms with Crippen molar-refractivity contribution in [1.82, 2.24) is 10.2 Å². The van der Waals surface area contributed by atoms with Gasteiger partial charge in [0.2, 0.25) is 5.91 Å². The molecule has 0 atom stereocenters. The predicted molar refractivity (Wildman–Crippen MR) is 83.0 cm³/mol. The lowest BCUT2D eigenvalue weighted by atomic mass is 9.97. The molecule has 1 N–H and O–H groups in total. The average molecular weight is 295 g/mol. The number of rotatable bonds is 5. The van der Waals surface area contributed by atoms with E-state index in [2.05, 4.69) is 17.3 Å². The van der Waals surface area contributed by atoms with Crippen LogP contribution in [0.2, 0.25) is 5.02 Å². The first-order valence-electron chi connectivity index (χ1n) is 7.34. The van der Waals surface area contributed by atoms with Gasteiger partial charge < -0.3 is 10.2 Å². The summed E-state index contributed by atoms with van der Waals surface area (Å²) in [6.07, 6.45) is 3.58. The Morgan fingerprint density at radius 1 is 1.35 bits per heavy atom. The Morgan fingerprint density at radius 3 is 2.75 bits per heavy atom. The molecule has 20 heavy (non-hydrogen) atoms. The lowest BCUT2D eigenvalue weighted by molar-refractivity contribution is -0.121. The molecular formula is C16H23ClN2O. The molecule has 1 heterocycles. The fourth-order valence-corrected chi connectivity index (χ4v) is 2.79. The number of likely N-dealkylation sites (tertiary alicyclic amines) is 1. The van der Waals surface area contributed by atoms with Crippen LogP contribution in [0.1, 0.15) is 24.8 Å². The second kappa shape index (κ2) is 7.65. The zero-order valence-electron chi connectivity index (χ0n) is 12.1. The Balaban J connectivity index is 1.67. The second-order valence-corrected chi connectivity index (χ2v) is 6.05. The van der Waals surface area contributed by atoms with Gasteiger partial charge in [0.1, 0.15) is 0 Å². The highest BCUT2D eigenvalue weighted by atomic mass is 35.5. The number of nitrogens with one attached hydrogen (secondary N) is 1. The number of benzene rings is 1. The van der Waals surface area contributed by atoms with Crippen molar-refractivity contribution in [3.05, 3.63) is 34.9 Å². The van der Waals surface area contributed by atoms with E-state index in [4.69, 9.17) is 11.6 Å².